The van der Waals surface area contributed by atoms with E-state index in [1.54, 1.807) is 12.1 Å². The van der Waals surface area contributed by atoms with Crippen molar-refractivity contribution in [3.8, 4) is 0 Å². The number of anilines is 1. The van der Waals surface area contributed by atoms with Gasteiger partial charge in [-0.25, -0.2) is 4.39 Å². The smallest absolute Gasteiger partial charge is 0.357 e. The van der Waals surface area contributed by atoms with Crippen LogP contribution in [-0.4, -0.2) is 40.8 Å². The summed E-state index contributed by atoms with van der Waals surface area (Å²) in [7, 11) is 0. The fourth-order valence-corrected chi connectivity index (χ4v) is 3.50. The maximum absolute atomic E-state index is 12.9. The van der Waals surface area contributed by atoms with Gasteiger partial charge in [0.2, 0.25) is 10.1 Å². The highest BCUT2D eigenvalue weighted by Gasteiger charge is 2.36. The van der Waals surface area contributed by atoms with Crippen LogP contribution in [0.15, 0.2) is 24.3 Å². The van der Waals surface area contributed by atoms with Crippen LogP contribution in [0.4, 0.5) is 22.7 Å². The number of nitrogens with one attached hydrogen (secondary N) is 1. The average Bonchev–Trinajstić information content (AvgIpc) is 3.05. The summed E-state index contributed by atoms with van der Waals surface area (Å²) < 4.78 is 50.5. The lowest BCUT2D eigenvalue weighted by Gasteiger charge is -2.32. The van der Waals surface area contributed by atoms with Crippen molar-refractivity contribution >= 4 is 16.5 Å². The zero-order valence-electron chi connectivity index (χ0n) is 13.4. The molecule has 1 fully saturated rings. The number of benzene rings is 1. The second kappa shape index (κ2) is 7.65. The quantitative estimate of drug-likeness (QED) is 0.808. The van der Waals surface area contributed by atoms with Crippen molar-refractivity contribution in [1.29, 1.82) is 0 Å². The van der Waals surface area contributed by atoms with E-state index >= 15 is 0 Å². The first-order chi connectivity index (χ1) is 11.9. The van der Waals surface area contributed by atoms with Crippen molar-refractivity contribution < 1.29 is 17.6 Å². The molecule has 4 nitrogen and oxygen atoms in total. The largest absolute Gasteiger partial charge is 0.445 e. The Morgan fingerprint density at radius 3 is 2.40 bits per heavy atom. The highest BCUT2D eigenvalue weighted by molar-refractivity contribution is 7.15. The van der Waals surface area contributed by atoms with Gasteiger partial charge in [0, 0.05) is 25.7 Å². The molecule has 0 aliphatic carbocycles. The lowest BCUT2D eigenvalue weighted by atomic mass is 10.0. The Morgan fingerprint density at radius 2 is 1.80 bits per heavy atom. The molecule has 1 aromatic carbocycles. The van der Waals surface area contributed by atoms with Crippen molar-refractivity contribution in [3.05, 3.63) is 40.7 Å². The minimum absolute atomic E-state index is 0.108. The van der Waals surface area contributed by atoms with Gasteiger partial charge in [0.1, 0.15) is 5.82 Å². The number of alkyl halides is 3. The lowest BCUT2D eigenvalue weighted by Crippen LogP contribution is -2.40. The van der Waals surface area contributed by atoms with Crippen molar-refractivity contribution in [3.63, 3.8) is 0 Å². The number of aromatic nitrogens is 2. The number of hydrogen-bond donors (Lipinski definition) is 1. The molecule has 1 aliphatic rings. The van der Waals surface area contributed by atoms with Gasteiger partial charge in [-0.05, 0) is 37.0 Å². The van der Waals surface area contributed by atoms with Crippen LogP contribution < -0.4 is 5.32 Å². The zero-order chi connectivity index (χ0) is 17.9. The van der Waals surface area contributed by atoms with Gasteiger partial charge in [0.25, 0.3) is 0 Å². The normalized spacial score (nSPS) is 17.0. The van der Waals surface area contributed by atoms with Gasteiger partial charge in [0.15, 0.2) is 0 Å². The van der Waals surface area contributed by atoms with Crippen molar-refractivity contribution in [1.82, 2.24) is 15.1 Å². The van der Waals surface area contributed by atoms with Crippen molar-refractivity contribution in [2.45, 2.75) is 31.5 Å². The van der Waals surface area contributed by atoms with Crippen LogP contribution in [0, 0.1) is 5.82 Å². The van der Waals surface area contributed by atoms with Gasteiger partial charge < -0.3 is 10.2 Å². The lowest BCUT2D eigenvalue weighted by molar-refractivity contribution is -0.138. The molecule has 0 amide bonds. The Morgan fingerprint density at radius 1 is 1.12 bits per heavy atom. The number of hydrogen-bond acceptors (Lipinski definition) is 5. The van der Waals surface area contributed by atoms with E-state index in [4.69, 9.17) is 0 Å². The molecule has 1 aliphatic heterocycles. The molecule has 1 aromatic heterocycles. The standard InChI is InChI=1S/C16H18F4N4S/c17-12-3-1-11(2-4-12)5-8-24-9-6-13(7-10-24)21-15-23-22-14(25-15)16(18,19)20/h1-4,13H,5-10H2,(H,21,23). The predicted octanol–water partition coefficient (Wildman–Crippen LogP) is 3.82. The Kier molecular flexibility index (Phi) is 5.53. The van der Waals surface area contributed by atoms with Gasteiger partial charge in [0.05, 0.1) is 0 Å². The second-order valence-electron chi connectivity index (χ2n) is 6.05. The topological polar surface area (TPSA) is 41.0 Å². The number of piperidine rings is 1. The van der Waals surface area contributed by atoms with E-state index in [0.29, 0.717) is 11.3 Å². The third kappa shape index (κ3) is 5.12. The van der Waals surface area contributed by atoms with Crippen molar-refractivity contribution in [2.75, 3.05) is 25.0 Å². The molecule has 25 heavy (non-hydrogen) atoms. The maximum Gasteiger partial charge on any atom is 0.445 e. The molecule has 1 saturated heterocycles. The SMILES string of the molecule is Fc1ccc(CCN2CCC(Nc3nnc(C(F)(F)F)s3)CC2)cc1. The molecule has 3 rings (SSSR count). The van der Waals surface area contributed by atoms with E-state index in [1.807, 2.05) is 0 Å². The van der Waals surface area contributed by atoms with Crippen LogP contribution >= 0.6 is 11.3 Å². The summed E-state index contributed by atoms with van der Waals surface area (Å²) in [5, 5.41) is 9.10. The van der Waals surface area contributed by atoms with Crippen LogP contribution in [0.1, 0.15) is 23.4 Å². The maximum atomic E-state index is 12.9. The molecular formula is C16H18F4N4S. The summed E-state index contributed by atoms with van der Waals surface area (Å²) in [6.07, 6.45) is -1.92. The average molecular weight is 374 g/mol. The molecule has 136 valence electrons. The van der Waals surface area contributed by atoms with Crippen LogP contribution in [-0.2, 0) is 12.6 Å². The highest BCUT2D eigenvalue weighted by Crippen LogP contribution is 2.33. The first kappa shape index (κ1) is 18.1. The summed E-state index contributed by atoms with van der Waals surface area (Å²) in [6.45, 7) is 2.61. The second-order valence-corrected chi connectivity index (χ2v) is 7.02. The van der Waals surface area contributed by atoms with Gasteiger partial charge in [-0.1, -0.05) is 23.5 Å². The van der Waals surface area contributed by atoms with E-state index in [2.05, 4.69) is 20.4 Å². The van der Waals surface area contributed by atoms with E-state index in [-0.39, 0.29) is 17.0 Å². The van der Waals surface area contributed by atoms with Crippen LogP contribution in [0.3, 0.4) is 0 Å². The van der Waals surface area contributed by atoms with Gasteiger partial charge in [-0.3, -0.25) is 0 Å². The summed E-state index contributed by atoms with van der Waals surface area (Å²) in [5.74, 6) is -0.235. The van der Waals surface area contributed by atoms with Gasteiger partial charge >= 0.3 is 6.18 Å². The minimum atomic E-state index is -4.44. The third-order valence-electron chi connectivity index (χ3n) is 4.21. The number of rotatable bonds is 5. The summed E-state index contributed by atoms with van der Waals surface area (Å²) in [4.78, 5) is 2.31. The number of halogens is 4. The first-order valence-corrected chi connectivity index (χ1v) is 8.86. The van der Waals surface area contributed by atoms with Crippen molar-refractivity contribution in [2.24, 2.45) is 0 Å². The third-order valence-corrected chi connectivity index (χ3v) is 5.11. The molecule has 1 N–H and O–H groups in total. The molecule has 0 saturated carbocycles. The fourth-order valence-electron chi connectivity index (χ4n) is 2.81. The van der Waals surface area contributed by atoms with E-state index in [1.165, 1.54) is 12.1 Å². The van der Waals surface area contributed by atoms with Crippen LogP contribution in [0.2, 0.25) is 0 Å². The van der Waals surface area contributed by atoms with E-state index < -0.39 is 11.2 Å². The summed E-state index contributed by atoms with van der Waals surface area (Å²) in [6, 6.07) is 6.61. The van der Waals surface area contributed by atoms with Gasteiger partial charge in [-0.15, -0.1) is 10.2 Å². The number of likely N-dealkylation sites (tertiary alicyclic amines) is 1. The summed E-state index contributed by atoms with van der Waals surface area (Å²) >= 11 is 0.540. The molecular weight excluding hydrogens is 356 g/mol. The van der Waals surface area contributed by atoms with E-state index in [0.717, 1.165) is 44.5 Å². The highest BCUT2D eigenvalue weighted by atomic mass is 32.1. The molecule has 9 heteroatoms. The molecule has 2 heterocycles. The fraction of sp³-hybridized carbons (Fsp3) is 0.500. The molecule has 0 atom stereocenters. The molecule has 0 radical (unpaired) electrons. The first-order valence-electron chi connectivity index (χ1n) is 8.04. The molecule has 2 aromatic rings. The Bertz CT molecular complexity index is 678. The molecule has 0 bridgehead atoms. The Balaban J connectivity index is 1.42. The predicted molar refractivity (Wildman–Crippen MR) is 88.1 cm³/mol. The summed E-state index contributed by atoms with van der Waals surface area (Å²) in [5.41, 5.74) is 1.09. The van der Waals surface area contributed by atoms with Crippen LogP contribution in [0.25, 0.3) is 0 Å². The molecule has 0 unspecified atom stereocenters. The monoisotopic (exact) mass is 374 g/mol. The minimum Gasteiger partial charge on any atom is -0.357 e. The number of nitrogens with zero attached hydrogens (tertiary/aromatic N) is 3. The van der Waals surface area contributed by atoms with Crippen LogP contribution in [0.5, 0.6) is 0 Å². The Labute approximate surface area is 146 Å². The Hall–Kier alpha value is -1.74. The molecule has 0 spiro atoms. The zero-order valence-corrected chi connectivity index (χ0v) is 14.2. The van der Waals surface area contributed by atoms with Gasteiger partial charge in [-0.2, -0.15) is 13.2 Å². The van der Waals surface area contributed by atoms with E-state index in [9.17, 15) is 17.6 Å².